The highest BCUT2D eigenvalue weighted by molar-refractivity contribution is 6.36. The van der Waals surface area contributed by atoms with Crippen LogP contribution in [0.1, 0.15) is 5.56 Å². The lowest BCUT2D eigenvalue weighted by Gasteiger charge is -2.09. The lowest BCUT2D eigenvalue weighted by Crippen LogP contribution is -2.15. The van der Waals surface area contributed by atoms with Gasteiger partial charge in [-0.1, -0.05) is 40.9 Å². The number of hydrogen-bond donors (Lipinski definition) is 0. The summed E-state index contributed by atoms with van der Waals surface area (Å²) in [6.45, 7) is -0.203. The molecular formula is C15H11Cl3O3. The van der Waals surface area contributed by atoms with Crippen LogP contribution >= 0.6 is 34.8 Å². The number of esters is 1. The van der Waals surface area contributed by atoms with Crippen LogP contribution in [-0.2, 0) is 16.1 Å². The minimum atomic E-state index is -0.513. The highest BCUT2D eigenvalue weighted by Gasteiger charge is 2.10. The van der Waals surface area contributed by atoms with Gasteiger partial charge in [-0.15, -0.1) is 0 Å². The second-order valence-corrected chi connectivity index (χ2v) is 5.35. The second kappa shape index (κ2) is 7.55. The zero-order chi connectivity index (χ0) is 15.2. The van der Waals surface area contributed by atoms with Gasteiger partial charge in [0.05, 0.1) is 0 Å². The molecule has 2 aromatic carbocycles. The van der Waals surface area contributed by atoms with Crippen molar-refractivity contribution in [3.05, 3.63) is 63.1 Å². The standard InChI is InChI=1S/C15H11Cl3O3/c16-10-4-6-11(7-5-10)20-9-15(19)21-8-12-13(17)2-1-3-14(12)18/h1-7H,8-9H2. The van der Waals surface area contributed by atoms with Crippen molar-refractivity contribution in [2.24, 2.45) is 0 Å². The molecule has 2 rings (SSSR count). The maximum atomic E-state index is 11.6. The Labute approximate surface area is 137 Å². The van der Waals surface area contributed by atoms with Crippen LogP contribution in [0.2, 0.25) is 15.1 Å². The van der Waals surface area contributed by atoms with Crippen LogP contribution in [0.3, 0.4) is 0 Å². The molecule has 0 amide bonds. The molecule has 0 aliphatic heterocycles. The van der Waals surface area contributed by atoms with Gasteiger partial charge in [-0.2, -0.15) is 0 Å². The first kappa shape index (κ1) is 16.0. The molecule has 0 fully saturated rings. The van der Waals surface area contributed by atoms with E-state index in [2.05, 4.69) is 0 Å². The van der Waals surface area contributed by atoms with E-state index in [-0.39, 0.29) is 13.2 Å². The topological polar surface area (TPSA) is 35.5 Å². The Kier molecular flexibility index (Phi) is 5.74. The number of ether oxygens (including phenoxy) is 2. The third-order valence-corrected chi connectivity index (χ3v) is 3.57. The van der Waals surface area contributed by atoms with Crippen LogP contribution in [0.5, 0.6) is 5.75 Å². The third-order valence-electron chi connectivity index (χ3n) is 2.61. The minimum Gasteiger partial charge on any atom is -0.482 e. The van der Waals surface area contributed by atoms with Gasteiger partial charge in [0.1, 0.15) is 12.4 Å². The summed E-state index contributed by atoms with van der Waals surface area (Å²) >= 11 is 17.7. The predicted molar refractivity (Wildman–Crippen MR) is 83.2 cm³/mol. The van der Waals surface area contributed by atoms with Gasteiger partial charge < -0.3 is 9.47 Å². The average Bonchev–Trinajstić information content (AvgIpc) is 2.46. The van der Waals surface area contributed by atoms with Crippen molar-refractivity contribution in [1.29, 1.82) is 0 Å². The van der Waals surface area contributed by atoms with E-state index in [1.807, 2.05) is 0 Å². The normalized spacial score (nSPS) is 10.2. The van der Waals surface area contributed by atoms with E-state index in [0.717, 1.165) is 0 Å². The average molecular weight is 346 g/mol. The predicted octanol–water partition coefficient (Wildman–Crippen LogP) is 4.77. The van der Waals surface area contributed by atoms with Crippen LogP contribution < -0.4 is 4.74 Å². The van der Waals surface area contributed by atoms with Gasteiger partial charge in [0, 0.05) is 20.6 Å². The highest BCUT2D eigenvalue weighted by Crippen LogP contribution is 2.25. The van der Waals surface area contributed by atoms with Crippen LogP contribution in [-0.4, -0.2) is 12.6 Å². The lowest BCUT2D eigenvalue weighted by atomic mass is 10.2. The summed E-state index contributed by atoms with van der Waals surface area (Å²) in [7, 11) is 0. The van der Waals surface area contributed by atoms with E-state index < -0.39 is 5.97 Å². The third kappa shape index (κ3) is 4.81. The number of carbonyl (C=O) groups is 1. The lowest BCUT2D eigenvalue weighted by molar-refractivity contribution is -0.147. The first-order valence-electron chi connectivity index (χ1n) is 6.03. The maximum absolute atomic E-state index is 11.6. The molecular weight excluding hydrogens is 335 g/mol. The van der Waals surface area contributed by atoms with Crippen molar-refractivity contribution in [1.82, 2.24) is 0 Å². The molecule has 110 valence electrons. The molecule has 3 nitrogen and oxygen atoms in total. The largest absolute Gasteiger partial charge is 0.482 e. The van der Waals surface area contributed by atoms with Gasteiger partial charge in [0.15, 0.2) is 6.61 Å². The van der Waals surface area contributed by atoms with Crippen LogP contribution in [0.25, 0.3) is 0 Å². The molecule has 0 aromatic heterocycles. The Hall–Kier alpha value is -1.42. The number of carbonyl (C=O) groups excluding carboxylic acids is 1. The Morgan fingerprint density at radius 2 is 1.57 bits per heavy atom. The summed E-state index contributed by atoms with van der Waals surface area (Å²) < 4.78 is 10.3. The van der Waals surface area contributed by atoms with E-state index in [0.29, 0.717) is 26.4 Å². The molecule has 0 aliphatic carbocycles. The zero-order valence-electron chi connectivity index (χ0n) is 10.8. The molecule has 0 spiro atoms. The molecule has 0 heterocycles. The second-order valence-electron chi connectivity index (χ2n) is 4.10. The first-order chi connectivity index (χ1) is 10.1. The minimum absolute atomic E-state index is 0.00131. The van der Waals surface area contributed by atoms with Gasteiger partial charge in [-0.25, -0.2) is 4.79 Å². The summed E-state index contributed by atoms with van der Waals surface area (Å²) in [6.07, 6.45) is 0. The first-order valence-corrected chi connectivity index (χ1v) is 7.16. The van der Waals surface area contributed by atoms with Crippen LogP contribution in [0.4, 0.5) is 0 Å². The molecule has 0 saturated carbocycles. The SMILES string of the molecule is O=C(COc1ccc(Cl)cc1)OCc1c(Cl)cccc1Cl. The van der Waals surface area contributed by atoms with Crippen molar-refractivity contribution in [3.8, 4) is 5.75 Å². The van der Waals surface area contributed by atoms with Gasteiger partial charge in [-0.3, -0.25) is 0 Å². The van der Waals surface area contributed by atoms with E-state index in [1.54, 1.807) is 42.5 Å². The molecule has 6 heteroatoms. The van der Waals surface area contributed by atoms with E-state index in [9.17, 15) is 4.79 Å². The quantitative estimate of drug-likeness (QED) is 0.732. The monoisotopic (exact) mass is 344 g/mol. The Morgan fingerprint density at radius 1 is 0.952 bits per heavy atom. The number of rotatable bonds is 5. The van der Waals surface area contributed by atoms with Crippen molar-refractivity contribution in [3.63, 3.8) is 0 Å². The molecule has 0 atom stereocenters. The molecule has 0 aliphatic rings. The zero-order valence-corrected chi connectivity index (χ0v) is 13.1. The van der Waals surface area contributed by atoms with Gasteiger partial charge >= 0.3 is 5.97 Å². The highest BCUT2D eigenvalue weighted by atomic mass is 35.5. The van der Waals surface area contributed by atoms with Crippen molar-refractivity contribution in [2.45, 2.75) is 6.61 Å². The number of benzene rings is 2. The fourth-order valence-corrected chi connectivity index (χ4v) is 2.17. The Balaban J connectivity index is 1.84. The molecule has 21 heavy (non-hydrogen) atoms. The van der Waals surface area contributed by atoms with Crippen LogP contribution in [0.15, 0.2) is 42.5 Å². The molecule has 0 bridgehead atoms. The molecule has 0 unspecified atom stereocenters. The Morgan fingerprint density at radius 3 is 2.19 bits per heavy atom. The van der Waals surface area contributed by atoms with Crippen molar-refractivity contribution < 1.29 is 14.3 Å². The fourth-order valence-electron chi connectivity index (χ4n) is 1.54. The van der Waals surface area contributed by atoms with Gasteiger partial charge in [0.25, 0.3) is 0 Å². The van der Waals surface area contributed by atoms with Crippen LogP contribution in [0, 0.1) is 0 Å². The molecule has 0 N–H and O–H groups in total. The maximum Gasteiger partial charge on any atom is 0.344 e. The number of halogens is 3. The summed E-state index contributed by atoms with van der Waals surface area (Å²) in [4.78, 5) is 11.6. The van der Waals surface area contributed by atoms with Gasteiger partial charge in [-0.05, 0) is 36.4 Å². The summed E-state index contributed by atoms with van der Waals surface area (Å²) in [5, 5.41) is 1.50. The Bertz CT molecular complexity index is 606. The molecule has 0 saturated heterocycles. The smallest absolute Gasteiger partial charge is 0.344 e. The van der Waals surface area contributed by atoms with E-state index in [4.69, 9.17) is 44.3 Å². The van der Waals surface area contributed by atoms with Crippen molar-refractivity contribution >= 4 is 40.8 Å². The van der Waals surface area contributed by atoms with Gasteiger partial charge in [0.2, 0.25) is 0 Å². The molecule has 0 radical (unpaired) electrons. The summed E-state index contributed by atoms with van der Waals surface area (Å²) in [5.74, 6) is 0.0214. The molecule has 2 aromatic rings. The van der Waals surface area contributed by atoms with E-state index in [1.165, 1.54) is 0 Å². The van der Waals surface area contributed by atoms with Crippen molar-refractivity contribution in [2.75, 3.05) is 6.61 Å². The van der Waals surface area contributed by atoms with E-state index >= 15 is 0 Å². The summed E-state index contributed by atoms with van der Waals surface area (Å²) in [5.41, 5.74) is 0.570. The summed E-state index contributed by atoms with van der Waals surface area (Å²) in [6, 6.07) is 11.8. The fraction of sp³-hybridized carbons (Fsp3) is 0.133. The number of hydrogen-bond acceptors (Lipinski definition) is 3.